The van der Waals surface area contributed by atoms with Gasteiger partial charge in [-0.3, -0.25) is 14.8 Å². The number of thiazole rings is 1. The molecule has 0 aliphatic carbocycles. The topological polar surface area (TPSA) is 42.9 Å². The number of Topliss-reactive ketones (excluding diaryl/α,β-unsaturated/α-hetero) is 1. The molecule has 2 aromatic rings. The highest BCUT2D eigenvalue weighted by Crippen LogP contribution is 2.10. The van der Waals surface area contributed by atoms with Gasteiger partial charge in [0.25, 0.3) is 0 Å². The molecule has 0 bridgehead atoms. The average molecular weight is 204 g/mol. The summed E-state index contributed by atoms with van der Waals surface area (Å²) < 4.78 is 0. The van der Waals surface area contributed by atoms with Gasteiger partial charge in [-0.15, -0.1) is 11.3 Å². The van der Waals surface area contributed by atoms with Crippen molar-refractivity contribution in [2.24, 2.45) is 0 Å². The SMILES string of the molecule is O=C(Cc1cccnc1)c1cncs1. The molecular weight excluding hydrogens is 196 g/mol. The van der Waals surface area contributed by atoms with Gasteiger partial charge in [-0.2, -0.15) is 0 Å². The summed E-state index contributed by atoms with van der Waals surface area (Å²) in [7, 11) is 0. The van der Waals surface area contributed by atoms with E-state index in [1.807, 2.05) is 12.1 Å². The summed E-state index contributed by atoms with van der Waals surface area (Å²) in [6, 6.07) is 3.72. The van der Waals surface area contributed by atoms with Gasteiger partial charge < -0.3 is 0 Å². The summed E-state index contributed by atoms with van der Waals surface area (Å²) >= 11 is 1.37. The first-order valence-corrected chi connectivity index (χ1v) is 5.05. The Morgan fingerprint density at radius 1 is 1.36 bits per heavy atom. The number of hydrogen-bond acceptors (Lipinski definition) is 4. The quantitative estimate of drug-likeness (QED) is 0.718. The van der Waals surface area contributed by atoms with Crippen molar-refractivity contribution in [1.82, 2.24) is 9.97 Å². The van der Waals surface area contributed by atoms with Crippen molar-refractivity contribution in [3.63, 3.8) is 0 Å². The maximum absolute atomic E-state index is 11.6. The van der Waals surface area contributed by atoms with Crippen molar-refractivity contribution in [3.05, 3.63) is 46.7 Å². The Hall–Kier alpha value is -1.55. The lowest BCUT2D eigenvalue weighted by Crippen LogP contribution is -2.01. The molecule has 14 heavy (non-hydrogen) atoms. The zero-order valence-corrected chi connectivity index (χ0v) is 8.20. The van der Waals surface area contributed by atoms with E-state index in [0.29, 0.717) is 11.3 Å². The molecule has 0 fully saturated rings. The number of nitrogens with zero attached hydrogens (tertiary/aromatic N) is 2. The molecule has 3 nitrogen and oxygen atoms in total. The van der Waals surface area contributed by atoms with Crippen LogP contribution in [0.1, 0.15) is 15.2 Å². The van der Waals surface area contributed by atoms with Crippen LogP contribution in [0.3, 0.4) is 0 Å². The Morgan fingerprint density at radius 2 is 2.29 bits per heavy atom. The minimum atomic E-state index is 0.0977. The molecule has 0 aliphatic rings. The lowest BCUT2D eigenvalue weighted by molar-refractivity contribution is 0.0996. The van der Waals surface area contributed by atoms with Crippen LogP contribution in [-0.4, -0.2) is 15.8 Å². The minimum absolute atomic E-state index is 0.0977. The fraction of sp³-hybridized carbons (Fsp3) is 0.100. The van der Waals surface area contributed by atoms with Crippen molar-refractivity contribution in [3.8, 4) is 0 Å². The molecule has 0 N–H and O–H groups in total. The molecule has 0 saturated carbocycles. The average Bonchev–Trinajstić information content (AvgIpc) is 2.72. The van der Waals surface area contributed by atoms with Gasteiger partial charge in [-0.25, -0.2) is 0 Å². The van der Waals surface area contributed by atoms with Crippen molar-refractivity contribution >= 4 is 17.1 Å². The van der Waals surface area contributed by atoms with Gasteiger partial charge >= 0.3 is 0 Å². The van der Waals surface area contributed by atoms with Crippen LogP contribution in [0, 0.1) is 0 Å². The normalized spacial score (nSPS) is 10.0. The second-order valence-electron chi connectivity index (χ2n) is 2.83. The Labute approximate surface area is 85.5 Å². The van der Waals surface area contributed by atoms with Crippen molar-refractivity contribution in [2.75, 3.05) is 0 Å². The maximum atomic E-state index is 11.6. The minimum Gasteiger partial charge on any atom is -0.293 e. The summed E-state index contributed by atoms with van der Waals surface area (Å²) in [6.07, 6.45) is 5.40. The van der Waals surface area contributed by atoms with E-state index in [9.17, 15) is 4.79 Å². The van der Waals surface area contributed by atoms with Gasteiger partial charge in [0.15, 0.2) is 5.78 Å². The molecule has 0 aliphatic heterocycles. The molecule has 0 radical (unpaired) electrons. The fourth-order valence-corrected chi connectivity index (χ4v) is 1.69. The highest BCUT2D eigenvalue weighted by molar-refractivity contribution is 7.11. The molecule has 0 unspecified atom stereocenters. The molecule has 70 valence electrons. The van der Waals surface area contributed by atoms with E-state index in [-0.39, 0.29) is 5.78 Å². The number of rotatable bonds is 3. The summed E-state index contributed by atoms with van der Waals surface area (Å²) in [6.45, 7) is 0. The monoisotopic (exact) mass is 204 g/mol. The first-order chi connectivity index (χ1) is 6.86. The molecule has 2 rings (SSSR count). The van der Waals surface area contributed by atoms with Crippen LogP contribution in [0.15, 0.2) is 36.2 Å². The largest absolute Gasteiger partial charge is 0.293 e. The molecule has 0 aromatic carbocycles. The van der Waals surface area contributed by atoms with E-state index >= 15 is 0 Å². The Balaban J connectivity index is 2.10. The lowest BCUT2D eigenvalue weighted by atomic mass is 10.1. The zero-order chi connectivity index (χ0) is 9.80. The molecule has 0 amide bonds. The number of carbonyl (C=O) groups is 1. The number of ketones is 1. The van der Waals surface area contributed by atoms with Crippen LogP contribution >= 0.6 is 11.3 Å². The number of pyridine rings is 1. The lowest BCUT2D eigenvalue weighted by Gasteiger charge is -1.96. The van der Waals surface area contributed by atoms with E-state index in [1.165, 1.54) is 11.3 Å². The third-order valence-corrected chi connectivity index (χ3v) is 2.61. The van der Waals surface area contributed by atoms with Gasteiger partial charge in [0.05, 0.1) is 10.4 Å². The highest BCUT2D eigenvalue weighted by atomic mass is 32.1. The third-order valence-electron chi connectivity index (χ3n) is 1.79. The van der Waals surface area contributed by atoms with Crippen LogP contribution < -0.4 is 0 Å². The molecule has 2 heterocycles. The number of hydrogen-bond donors (Lipinski definition) is 0. The number of carbonyl (C=O) groups excluding carboxylic acids is 1. The molecular formula is C10H8N2OS. The fourth-order valence-electron chi connectivity index (χ4n) is 1.13. The Bertz CT molecular complexity index is 411. The van der Waals surface area contributed by atoms with Crippen LogP contribution in [0.5, 0.6) is 0 Å². The molecule has 0 saturated heterocycles. The molecule has 0 spiro atoms. The molecule has 0 atom stereocenters. The predicted octanol–water partition coefficient (Wildman–Crippen LogP) is 1.96. The van der Waals surface area contributed by atoms with Crippen molar-refractivity contribution in [2.45, 2.75) is 6.42 Å². The first kappa shape index (κ1) is 9.02. The summed E-state index contributed by atoms with van der Waals surface area (Å²) in [5.74, 6) is 0.0977. The van der Waals surface area contributed by atoms with E-state index in [0.717, 1.165) is 5.56 Å². The van der Waals surface area contributed by atoms with E-state index in [1.54, 1.807) is 24.1 Å². The van der Waals surface area contributed by atoms with Gasteiger partial charge in [0.2, 0.25) is 0 Å². The maximum Gasteiger partial charge on any atom is 0.178 e. The Morgan fingerprint density at radius 3 is 2.93 bits per heavy atom. The molecule has 2 aromatic heterocycles. The first-order valence-electron chi connectivity index (χ1n) is 4.17. The third kappa shape index (κ3) is 2.03. The second-order valence-corrected chi connectivity index (χ2v) is 3.71. The Kier molecular flexibility index (Phi) is 2.65. The highest BCUT2D eigenvalue weighted by Gasteiger charge is 2.07. The van der Waals surface area contributed by atoms with Crippen LogP contribution in [-0.2, 0) is 6.42 Å². The predicted molar refractivity (Wildman–Crippen MR) is 54.4 cm³/mol. The van der Waals surface area contributed by atoms with Crippen LogP contribution in [0.2, 0.25) is 0 Å². The van der Waals surface area contributed by atoms with Gasteiger partial charge in [0, 0.05) is 25.0 Å². The second kappa shape index (κ2) is 4.11. The molecule has 4 heteroatoms. The van der Waals surface area contributed by atoms with Crippen LogP contribution in [0.4, 0.5) is 0 Å². The summed E-state index contributed by atoms with van der Waals surface area (Å²) in [5.41, 5.74) is 2.60. The van der Waals surface area contributed by atoms with E-state index in [4.69, 9.17) is 0 Å². The summed E-state index contributed by atoms with van der Waals surface area (Å²) in [4.78, 5) is 20.1. The van der Waals surface area contributed by atoms with Crippen molar-refractivity contribution < 1.29 is 4.79 Å². The number of aromatic nitrogens is 2. The van der Waals surface area contributed by atoms with Gasteiger partial charge in [0.1, 0.15) is 0 Å². The van der Waals surface area contributed by atoms with Crippen molar-refractivity contribution in [1.29, 1.82) is 0 Å². The zero-order valence-electron chi connectivity index (χ0n) is 7.38. The van der Waals surface area contributed by atoms with Crippen LogP contribution in [0.25, 0.3) is 0 Å². The van der Waals surface area contributed by atoms with E-state index < -0.39 is 0 Å². The standard InChI is InChI=1S/C10H8N2OS/c13-9(10-6-12-7-14-10)4-8-2-1-3-11-5-8/h1-3,5-7H,4H2. The van der Waals surface area contributed by atoms with E-state index in [2.05, 4.69) is 9.97 Å². The summed E-state index contributed by atoms with van der Waals surface area (Å²) in [5, 5.41) is 0. The van der Waals surface area contributed by atoms with Gasteiger partial charge in [-0.1, -0.05) is 6.07 Å². The van der Waals surface area contributed by atoms with Gasteiger partial charge in [-0.05, 0) is 11.6 Å². The smallest absolute Gasteiger partial charge is 0.178 e.